The molecule has 23 heavy (non-hydrogen) atoms. The summed E-state index contributed by atoms with van der Waals surface area (Å²) in [6.07, 6.45) is 2.87. The van der Waals surface area contributed by atoms with E-state index in [-0.39, 0.29) is 11.2 Å². The summed E-state index contributed by atoms with van der Waals surface area (Å²) in [5, 5.41) is 5.14. The third-order valence-corrected chi connectivity index (χ3v) is 7.05. The molecule has 0 aliphatic heterocycles. The molecule has 0 fully saturated rings. The van der Waals surface area contributed by atoms with Crippen molar-refractivity contribution in [3.05, 3.63) is 27.1 Å². The quantitative estimate of drug-likeness (QED) is 0.795. The van der Waals surface area contributed by atoms with Gasteiger partial charge in [-0.3, -0.25) is 9.59 Å². The van der Waals surface area contributed by atoms with E-state index in [1.54, 1.807) is 0 Å². The van der Waals surface area contributed by atoms with Crippen molar-refractivity contribution >= 4 is 51.3 Å². The average molecular weight is 368 g/mol. The molecule has 3 rings (SSSR count). The van der Waals surface area contributed by atoms with Gasteiger partial charge in [-0.15, -0.1) is 22.7 Å². The number of thiazole rings is 1. The van der Waals surface area contributed by atoms with Crippen LogP contribution >= 0.6 is 34.4 Å². The Labute approximate surface area is 146 Å². The minimum absolute atomic E-state index is 0.134. The molecule has 0 saturated carbocycles. The van der Waals surface area contributed by atoms with E-state index in [0.717, 1.165) is 34.9 Å². The summed E-state index contributed by atoms with van der Waals surface area (Å²) in [6.45, 7) is 3.76. The first-order chi connectivity index (χ1) is 11.0. The van der Waals surface area contributed by atoms with Crippen molar-refractivity contribution in [2.75, 3.05) is 5.32 Å². The molecule has 2 aromatic rings. The first-order valence-corrected chi connectivity index (χ1v) is 9.87. The van der Waals surface area contributed by atoms with Crippen LogP contribution in [0.3, 0.4) is 0 Å². The molecule has 2 heterocycles. The van der Waals surface area contributed by atoms with Crippen LogP contribution in [0.25, 0.3) is 0 Å². The van der Waals surface area contributed by atoms with Gasteiger partial charge in [-0.25, -0.2) is 4.98 Å². The molecule has 2 amide bonds. The molecule has 8 heteroatoms. The highest BCUT2D eigenvalue weighted by Crippen LogP contribution is 2.39. The highest BCUT2D eigenvalue weighted by molar-refractivity contribution is 8.02. The number of primary amides is 1. The Kier molecular flexibility index (Phi) is 4.74. The molecule has 0 bridgehead atoms. The van der Waals surface area contributed by atoms with E-state index in [0.29, 0.717) is 10.6 Å². The normalized spacial score (nSPS) is 14.5. The second kappa shape index (κ2) is 6.62. The molecule has 0 unspecified atom stereocenters. The van der Waals surface area contributed by atoms with Gasteiger partial charge in [0.05, 0.1) is 10.8 Å². The van der Waals surface area contributed by atoms with Crippen LogP contribution in [0.1, 0.15) is 39.8 Å². The Balaban J connectivity index is 1.74. The number of carbonyl (C=O) groups is 2. The minimum Gasteiger partial charge on any atom is -0.365 e. The second-order valence-electron chi connectivity index (χ2n) is 5.43. The summed E-state index contributed by atoms with van der Waals surface area (Å²) in [5.41, 5.74) is 7.99. The fraction of sp³-hybridized carbons (Fsp3) is 0.400. The fourth-order valence-corrected chi connectivity index (χ4v) is 5.84. The summed E-state index contributed by atoms with van der Waals surface area (Å²) in [7, 11) is 0. The van der Waals surface area contributed by atoms with Gasteiger partial charge < -0.3 is 11.1 Å². The summed E-state index contributed by atoms with van der Waals surface area (Å²) < 4.78 is 0.869. The monoisotopic (exact) mass is 367 g/mol. The predicted octanol–water partition coefficient (Wildman–Crippen LogP) is 3.22. The number of hydrogen-bond donors (Lipinski definition) is 2. The first-order valence-electron chi connectivity index (χ1n) is 7.29. The zero-order chi connectivity index (χ0) is 16.6. The van der Waals surface area contributed by atoms with E-state index in [2.05, 4.69) is 10.3 Å². The van der Waals surface area contributed by atoms with Crippen LogP contribution in [0.2, 0.25) is 0 Å². The lowest BCUT2D eigenvalue weighted by Crippen LogP contribution is -2.24. The number of thiophene rings is 1. The molecule has 3 N–H and O–H groups in total. The number of fused-ring (bicyclic) bond motifs is 1. The van der Waals surface area contributed by atoms with Crippen molar-refractivity contribution in [1.29, 1.82) is 0 Å². The van der Waals surface area contributed by atoms with E-state index in [1.807, 2.05) is 19.2 Å². The van der Waals surface area contributed by atoms with Crippen LogP contribution in [0.5, 0.6) is 0 Å². The van der Waals surface area contributed by atoms with Gasteiger partial charge in [-0.2, -0.15) is 0 Å². The van der Waals surface area contributed by atoms with Gasteiger partial charge in [-0.1, -0.05) is 11.8 Å². The molecule has 2 aromatic heterocycles. The number of carbonyl (C=O) groups excluding carboxylic acids is 2. The van der Waals surface area contributed by atoms with E-state index < -0.39 is 5.91 Å². The van der Waals surface area contributed by atoms with Gasteiger partial charge in [0.15, 0.2) is 4.34 Å². The Morgan fingerprint density at radius 2 is 2.22 bits per heavy atom. The molecule has 122 valence electrons. The molecule has 1 aliphatic carbocycles. The maximum Gasteiger partial charge on any atom is 0.251 e. The number of nitrogens with two attached hydrogens (primary N) is 1. The summed E-state index contributed by atoms with van der Waals surface area (Å²) in [5.74, 6) is -0.596. The highest BCUT2D eigenvalue weighted by Gasteiger charge is 2.27. The number of anilines is 1. The van der Waals surface area contributed by atoms with Gasteiger partial charge in [0.1, 0.15) is 5.00 Å². The lowest BCUT2D eigenvalue weighted by Gasteiger charge is -2.10. The van der Waals surface area contributed by atoms with Gasteiger partial charge >= 0.3 is 0 Å². The van der Waals surface area contributed by atoms with Crippen LogP contribution in [0, 0.1) is 6.92 Å². The predicted molar refractivity (Wildman–Crippen MR) is 95.7 cm³/mol. The maximum atomic E-state index is 12.4. The van der Waals surface area contributed by atoms with Gasteiger partial charge in [0.2, 0.25) is 5.91 Å². The SMILES string of the molecule is Cc1csc(S[C@@H](C)C(=O)Nc2sc3c(c2C(N)=O)CCC3)n1. The van der Waals surface area contributed by atoms with Crippen LogP contribution in [0.15, 0.2) is 9.72 Å². The van der Waals surface area contributed by atoms with Crippen molar-refractivity contribution in [1.82, 2.24) is 4.98 Å². The van der Waals surface area contributed by atoms with Crippen LogP contribution in [-0.2, 0) is 17.6 Å². The third kappa shape index (κ3) is 3.44. The lowest BCUT2D eigenvalue weighted by atomic mass is 10.1. The van der Waals surface area contributed by atoms with Gasteiger partial charge in [0.25, 0.3) is 5.91 Å². The number of aryl methyl sites for hydroxylation is 2. The summed E-state index contributed by atoms with van der Waals surface area (Å²) in [4.78, 5) is 29.7. The Hall–Kier alpha value is -1.38. The molecule has 0 radical (unpaired) electrons. The largest absolute Gasteiger partial charge is 0.365 e. The standard InChI is InChI=1S/C15H17N3O2S3/c1-7-6-21-15(17-7)22-8(2)13(20)18-14-11(12(16)19)9-4-3-5-10(9)23-14/h6,8H,3-5H2,1-2H3,(H2,16,19)(H,18,20)/t8-/m0/s1. The third-order valence-electron chi connectivity index (χ3n) is 3.65. The van der Waals surface area contributed by atoms with Gasteiger partial charge in [0, 0.05) is 16.0 Å². The van der Waals surface area contributed by atoms with Crippen LogP contribution in [0.4, 0.5) is 5.00 Å². The van der Waals surface area contributed by atoms with Crippen molar-refractivity contribution in [3.8, 4) is 0 Å². The number of rotatable bonds is 5. The molecule has 0 aromatic carbocycles. The van der Waals surface area contributed by atoms with Crippen molar-refractivity contribution in [3.63, 3.8) is 0 Å². The first kappa shape index (κ1) is 16.5. The number of amides is 2. The molecule has 5 nitrogen and oxygen atoms in total. The van der Waals surface area contributed by atoms with E-state index in [9.17, 15) is 9.59 Å². The molecule has 0 spiro atoms. The molecule has 1 atom stereocenters. The summed E-state index contributed by atoms with van der Waals surface area (Å²) >= 11 is 4.43. The Bertz CT molecular complexity index is 766. The van der Waals surface area contributed by atoms with Crippen molar-refractivity contribution in [2.45, 2.75) is 42.7 Å². The zero-order valence-electron chi connectivity index (χ0n) is 12.8. The number of hydrogen-bond acceptors (Lipinski definition) is 6. The zero-order valence-corrected chi connectivity index (χ0v) is 15.3. The van der Waals surface area contributed by atoms with Gasteiger partial charge in [-0.05, 0) is 38.7 Å². The minimum atomic E-state index is -0.462. The number of thioether (sulfide) groups is 1. The van der Waals surface area contributed by atoms with Crippen molar-refractivity contribution in [2.24, 2.45) is 5.73 Å². The summed E-state index contributed by atoms with van der Waals surface area (Å²) in [6, 6.07) is 0. The number of aromatic nitrogens is 1. The van der Waals surface area contributed by atoms with Crippen LogP contribution < -0.4 is 11.1 Å². The molecular weight excluding hydrogens is 350 g/mol. The highest BCUT2D eigenvalue weighted by atomic mass is 32.2. The second-order valence-corrected chi connectivity index (χ2v) is 8.98. The van der Waals surface area contributed by atoms with E-state index >= 15 is 0 Å². The lowest BCUT2D eigenvalue weighted by molar-refractivity contribution is -0.115. The van der Waals surface area contributed by atoms with E-state index in [4.69, 9.17) is 5.73 Å². The topological polar surface area (TPSA) is 85.1 Å². The molecule has 0 saturated heterocycles. The average Bonchev–Trinajstić information content (AvgIpc) is 3.14. The fourth-order valence-electron chi connectivity index (χ4n) is 2.56. The number of nitrogens with zero attached hydrogens (tertiary/aromatic N) is 1. The smallest absolute Gasteiger partial charge is 0.251 e. The van der Waals surface area contributed by atoms with E-state index in [1.165, 1.54) is 39.3 Å². The van der Waals surface area contributed by atoms with Crippen LogP contribution in [-0.4, -0.2) is 22.0 Å². The Morgan fingerprint density at radius 3 is 2.87 bits per heavy atom. The molecular formula is C15H17N3O2S3. The maximum absolute atomic E-state index is 12.4. The number of nitrogens with one attached hydrogen (secondary N) is 1. The Morgan fingerprint density at radius 1 is 1.43 bits per heavy atom. The molecule has 1 aliphatic rings. The van der Waals surface area contributed by atoms with Crippen molar-refractivity contribution < 1.29 is 9.59 Å².